The Morgan fingerprint density at radius 1 is 0.909 bits per heavy atom. The predicted octanol–water partition coefficient (Wildman–Crippen LogP) is -3.50. The number of amides is 2. The summed E-state index contributed by atoms with van der Waals surface area (Å²) in [5, 5.41) is 17.3. The van der Waals surface area contributed by atoms with E-state index in [1.54, 1.807) is 0 Å². The largest absolute Gasteiger partial charge is 0.530 e. The van der Waals surface area contributed by atoms with Crippen LogP contribution in [-0.4, -0.2) is 17.7 Å². The standard InChI is InChI=1S/2CH3NO2.2H3N.H2O/c2*2-1(3)4;;;/h2*2H2,(H,3,4);2*1H3;1H2. The monoisotopic (exact) mass is 174 g/mol. The molecule has 0 aromatic heterocycles. The lowest BCUT2D eigenvalue weighted by atomic mass is 11.3. The molecule has 0 aromatic rings. The van der Waals surface area contributed by atoms with Gasteiger partial charge in [0.05, 0.1) is 0 Å². The van der Waals surface area contributed by atoms with Crippen molar-refractivity contribution in [3.8, 4) is 0 Å². The van der Waals surface area contributed by atoms with Gasteiger partial charge in [-0.05, 0) is 0 Å². The Hall–Kier alpha value is -1.58. The first-order chi connectivity index (χ1) is 3.46. The number of hydrogen-bond acceptors (Lipinski definition) is 4. The highest BCUT2D eigenvalue weighted by atomic mass is 16.4. The molecule has 72 valence electrons. The molecule has 0 aliphatic rings. The predicted molar refractivity (Wildman–Crippen MR) is 34.8 cm³/mol. The molecule has 0 heterocycles. The highest BCUT2D eigenvalue weighted by Gasteiger charge is 1.44. The Morgan fingerprint density at radius 2 is 0.909 bits per heavy atom. The van der Waals surface area contributed by atoms with Gasteiger partial charge in [-0.3, -0.25) is 0 Å². The molecule has 0 bridgehead atoms. The smallest absolute Gasteiger partial charge is 0.131 e. The molecule has 0 atom stereocenters. The van der Waals surface area contributed by atoms with Crippen molar-refractivity contribution in [3.63, 3.8) is 0 Å². The van der Waals surface area contributed by atoms with Gasteiger partial charge in [0.1, 0.15) is 12.2 Å². The molecule has 0 saturated heterocycles. The molecule has 0 saturated carbocycles. The average molecular weight is 174 g/mol. The maximum absolute atomic E-state index is 8.67. The molecule has 0 aliphatic carbocycles. The fourth-order valence-corrected chi connectivity index (χ4v) is 0. The molecule has 0 aromatic carbocycles. The highest BCUT2D eigenvalue weighted by Crippen LogP contribution is 1.23. The van der Waals surface area contributed by atoms with Crippen LogP contribution in [-0.2, 0) is 0 Å². The fourth-order valence-electron chi connectivity index (χ4n) is 0. The van der Waals surface area contributed by atoms with Crippen LogP contribution < -0.4 is 34.0 Å². The number of carboxylic acid groups (broad SMARTS) is 2. The maximum atomic E-state index is 8.67. The Balaban J connectivity index is -0.0000000171. The lowest BCUT2D eigenvalue weighted by molar-refractivity contribution is -0.246. The highest BCUT2D eigenvalue weighted by molar-refractivity contribution is 5.59. The summed E-state index contributed by atoms with van der Waals surface area (Å²) in [5.41, 5.74) is 7.83. The van der Waals surface area contributed by atoms with Gasteiger partial charge in [-0.1, -0.05) is 0 Å². The van der Waals surface area contributed by atoms with Crippen LogP contribution in [0, 0.1) is 0 Å². The van der Waals surface area contributed by atoms with Crippen LogP contribution >= 0.6 is 0 Å². The number of nitrogens with two attached hydrogens (primary N) is 2. The molecule has 0 fully saturated rings. The molecule has 11 heavy (non-hydrogen) atoms. The summed E-state index contributed by atoms with van der Waals surface area (Å²) >= 11 is 0. The van der Waals surface area contributed by atoms with Crippen molar-refractivity contribution >= 4 is 12.2 Å². The van der Waals surface area contributed by atoms with Crippen LogP contribution in [0.2, 0.25) is 0 Å². The maximum Gasteiger partial charge on any atom is 0.131 e. The van der Waals surface area contributed by atoms with Gasteiger partial charge in [0.2, 0.25) is 0 Å². The van der Waals surface area contributed by atoms with E-state index in [9.17, 15) is 0 Å². The van der Waals surface area contributed by atoms with Crippen molar-refractivity contribution in [1.29, 1.82) is 0 Å². The Labute approximate surface area is 62.5 Å². The van der Waals surface area contributed by atoms with Gasteiger partial charge in [-0.25, -0.2) is 0 Å². The van der Waals surface area contributed by atoms with Gasteiger partial charge in [0.15, 0.2) is 0 Å². The van der Waals surface area contributed by atoms with E-state index < -0.39 is 12.2 Å². The lowest BCUT2D eigenvalue weighted by Crippen LogP contribution is -2.29. The first-order valence-corrected chi connectivity index (χ1v) is 1.39. The van der Waals surface area contributed by atoms with Crippen molar-refractivity contribution in [2.45, 2.75) is 0 Å². The molecule has 9 heteroatoms. The van der Waals surface area contributed by atoms with Gasteiger partial charge < -0.3 is 49.0 Å². The first kappa shape index (κ1) is 34.2. The third kappa shape index (κ3) is 139. The van der Waals surface area contributed by atoms with Crippen molar-refractivity contribution in [3.05, 3.63) is 0 Å². The topological polar surface area (TPSA) is 237 Å². The van der Waals surface area contributed by atoms with Crippen LogP contribution in [0.5, 0.6) is 0 Å². The molecule has 14 N–H and O–H groups in total. The minimum atomic E-state index is -1.58. The van der Waals surface area contributed by atoms with E-state index in [1.807, 2.05) is 0 Å². The van der Waals surface area contributed by atoms with E-state index in [2.05, 4.69) is 11.5 Å². The lowest BCUT2D eigenvalue weighted by Gasteiger charge is -1.78. The van der Waals surface area contributed by atoms with E-state index >= 15 is 0 Å². The first-order valence-electron chi connectivity index (χ1n) is 1.39. The number of carbonyl (C=O) groups excluding carboxylic acids is 2. The van der Waals surface area contributed by atoms with Gasteiger partial charge in [0.25, 0.3) is 0 Å². The number of hydrogen-bond donors (Lipinski definition) is 4. The van der Waals surface area contributed by atoms with E-state index in [1.165, 1.54) is 0 Å². The Bertz CT molecular complexity index is 74.5. The fraction of sp³-hybridized carbons (Fsp3) is 0. The van der Waals surface area contributed by atoms with E-state index in [-0.39, 0.29) is 17.8 Å². The van der Waals surface area contributed by atoms with Crippen LogP contribution in [0.25, 0.3) is 0 Å². The zero-order valence-corrected chi connectivity index (χ0v) is 6.29. The molecule has 2 amide bonds. The van der Waals surface area contributed by atoms with Crippen LogP contribution in [0.1, 0.15) is 0 Å². The van der Waals surface area contributed by atoms with E-state index in [0.29, 0.717) is 0 Å². The second-order valence-corrected chi connectivity index (χ2v) is 0.638. The molecular formula is C2H14N4O5. The SMILES string of the molecule is NC(=O)[O-].NC(=O)[O-].O.[NH4+].[NH4+]. The molecule has 0 radical (unpaired) electrons. The molecule has 0 rings (SSSR count). The summed E-state index contributed by atoms with van der Waals surface area (Å²) in [6.45, 7) is 0. The van der Waals surface area contributed by atoms with Gasteiger partial charge in [0, 0.05) is 0 Å². The summed E-state index contributed by atoms with van der Waals surface area (Å²) in [6.07, 6.45) is -3.17. The van der Waals surface area contributed by atoms with E-state index in [4.69, 9.17) is 19.8 Å². The van der Waals surface area contributed by atoms with Crippen LogP contribution in [0.4, 0.5) is 9.59 Å². The Morgan fingerprint density at radius 3 is 0.909 bits per heavy atom. The molecule has 0 spiro atoms. The summed E-state index contributed by atoms with van der Waals surface area (Å²) in [5.74, 6) is 0. The van der Waals surface area contributed by atoms with Crippen LogP contribution in [0.15, 0.2) is 0 Å². The number of carbonyl (C=O) groups is 2. The molecular weight excluding hydrogens is 160 g/mol. The minimum Gasteiger partial charge on any atom is -0.530 e. The second-order valence-electron chi connectivity index (χ2n) is 0.638. The quantitative estimate of drug-likeness (QED) is 0.292. The summed E-state index contributed by atoms with van der Waals surface area (Å²) in [4.78, 5) is 17.3. The number of rotatable bonds is 0. The summed E-state index contributed by atoms with van der Waals surface area (Å²) in [6, 6.07) is 0. The summed E-state index contributed by atoms with van der Waals surface area (Å²) in [7, 11) is 0. The average Bonchev–Trinajstić information content (AvgIpc) is 1.25. The number of quaternary nitrogens is 2. The minimum absolute atomic E-state index is 0. The zero-order chi connectivity index (χ0) is 7.15. The van der Waals surface area contributed by atoms with Crippen molar-refractivity contribution in [1.82, 2.24) is 12.3 Å². The normalized spacial score (nSPS) is 4.36. The van der Waals surface area contributed by atoms with Crippen molar-refractivity contribution in [2.75, 3.05) is 0 Å². The van der Waals surface area contributed by atoms with Gasteiger partial charge in [-0.2, -0.15) is 0 Å². The zero-order valence-electron chi connectivity index (χ0n) is 6.29. The molecule has 0 unspecified atom stereocenters. The second kappa shape index (κ2) is 23.7. The van der Waals surface area contributed by atoms with Crippen LogP contribution in [0.3, 0.4) is 0 Å². The van der Waals surface area contributed by atoms with Crippen molar-refractivity contribution in [2.24, 2.45) is 11.5 Å². The third-order valence-electron chi connectivity index (χ3n) is 0. The van der Waals surface area contributed by atoms with E-state index in [0.717, 1.165) is 0 Å². The third-order valence-corrected chi connectivity index (χ3v) is 0. The molecule has 9 nitrogen and oxygen atoms in total. The number of primary amides is 2. The Kier molecular flexibility index (Phi) is 73.7. The van der Waals surface area contributed by atoms with Gasteiger partial charge >= 0.3 is 0 Å². The van der Waals surface area contributed by atoms with Crippen molar-refractivity contribution < 1.29 is 25.3 Å². The molecule has 0 aliphatic heterocycles. The summed E-state index contributed by atoms with van der Waals surface area (Å²) < 4.78 is 0. The van der Waals surface area contributed by atoms with Gasteiger partial charge in [-0.15, -0.1) is 0 Å².